The smallest absolute Gasteiger partial charge is 0.264 e. The Kier molecular flexibility index (Phi) is 6.44. The highest BCUT2D eigenvalue weighted by Crippen LogP contribution is 2.44. The van der Waals surface area contributed by atoms with Gasteiger partial charge in [0.15, 0.2) is 0 Å². The molecule has 2 saturated carbocycles. The number of benzene rings is 2. The monoisotopic (exact) mass is 462 g/mol. The first-order valence-electron chi connectivity index (χ1n) is 10.7. The Hall–Kier alpha value is -2.25. The average Bonchev–Trinajstić information content (AvgIpc) is 3.36. The van der Waals surface area contributed by atoms with Crippen LogP contribution in [-0.4, -0.2) is 33.5 Å². The number of ether oxygens (including phenoxy) is 1. The first kappa shape index (κ1) is 22.0. The van der Waals surface area contributed by atoms with Crippen molar-refractivity contribution in [3.63, 3.8) is 0 Å². The molecular weight excluding hydrogens is 436 g/mol. The molecule has 1 N–H and O–H groups in total. The number of nitrogens with zero attached hydrogens (tertiary/aromatic N) is 1. The lowest BCUT2D eigenvalue weighted by Gasteiger charge is -2.27. The molecule has 2 aromatic carbocycles. The van der Waals surface area contributed by atoms with Gasteiger partial charge in [0.1, 0.15) is 12.3 Å². The third kappa shape index (κ3) is 4.83. The summed E-state index contributed by atoms with van der Waals surface area (Å²) in [4.78, 5) is 13.0. The van der Waals surface area contributed by atoms with Crippen LogP contribution >= 0.6 is 11.6 Å². The maximum atomic E-state index is 13.4. The van der Waals surface area contributed by atoms with Gasteiger partial charge in [-0.3, -0.25) is 9.10 Å². The fourth-order valence-electron chi connectivity index (χ4n) is 4.73. The molecule has 0 unspecified atom stereocenters. The van der Waals surface area contributed by atoms with Crippen molar-refractivity contribution in [3.8, 4) is 5.75 Å². The number of halogens is 1. The molecule has 3 atom stereocenters. The van der Waals surface area contributed by atoms with E-state index in [9.17, 15) is 13.2 Å². The number of anilines is 1. The molecule has 2 aliphatic rings. The first-order valence-corrected chi connectivity index (χ1v) is 12.5. The van der Waals surface area contributed by atoms with Gasteiger partial charge in [0.2, 0.25) is 5.91 Å². The summed E-state index contributed by atoms with van der Waals surface area (Å²) >= 11 is 5.93. The van der Waals surface area contributed by atoms with Gasteiger partial charge in [0.05, 0.1) is 17.2 Å². The number of nitrogens with one attached hydrogen (secondary N) is 1. The Labute approximate surface area is 188 Å². The van der Waals surface area contributed by atoms with E-state index in [2.05, 4.69) is 5.32 Å². The number of amides is 1. The summed E-state index contributed by atoms with van der Waals surface area (Å²) < 4.78 is 33.5. The van der Waals surface area contributed by atoms with Gasteiger partial charge in [0, 0.05) is 11.1 Å². The quantitative estimate of drug-likeness (QED) is 0.636. The average molecular weight is 463 g/mol. The Morgan fingerprint density at radius 3 is 2.39 bits per heavy atom. The predicted molar refractivity (Wildman–Crippen MR) is 121 cm³/mol. The van der Waals surface area contributed by atoms with E-state index in [1.165, 1.54) is 30.7 Å². The van der Waals surface area contributed by atoms with E-state index in [1.54, 1.807) is 24.3 Å². The molecule has 2 aliphatic carbocycles. The van der Waals surface area contributed by atoms with Crippen LogP contribution in [0.1, 0.15) is 32.6 Å². The van der Waals surface area contributed by atoms with Crippen LogP contribution in [0.3, 0.4) is 0 Å². The number of carbonyl (C=O) groups excluding carboxylic acids is 1. The Morgan fingerprint density at radius 2 is 1.81 bits per heavy atom. The summed E-state index contributed by atoms with van der Waals surface area (Å²) in [5.41, 5.74) is 0.404. The van der Waals surface area contributed by atoms with E-state index in [0.717, 1.165) is 23.6 Å². The first-order chi connectivity index (χ1) is 14.9. The Balaban J connectivity index is 1.58. The van der Waals surface area contributed by atoms with Crippen LogP contribution in [0, 0.1) is 11.8 Å². The van der Waals surface area contributed by atoms with Gasteiger partial charge in [0.25, 0.3) is 10.0 Å². The largest absolute Gasteiger partial charge is 0.494 e. The van der Waals surface area contributed by atoms with E-state index >= 15 is 0 Å². The highest BCUT2D eigenvalue weighted by Gasteiger charge is 2.40. The summed E-state index contributed by atoms with van der Waals surface area (Å²) in [5.74, 6) is 1.56. The highest BCUT2D eigenvalue weighted by atomic mass is 35.5. The van der Waals surface area contributed by atoms with Gasteiger partial charge in [-0.05, 0) is 86.6 Å². The number of sulfonamides is 1. The van der Waals surface area contributed by atoms with Crippen LogP contribution in [0.4, 0.5) is 5.69 Å². The topological polar surface area (TPSA) is 75.7 Å². The van der Waals surface area contributed by atoms with Crippen molar-refractivity contribution in [1.82, 2.24) is 5.32 Å². The minimum absolute atomic E-state index is 0.0820. The molecule has 2 aromatic rings. The minimum atomic E-state index is -3.96. The van der Waals surface area contributed by atoms with Crippen molar-refractivity contribution >= 4 is 33.2 Å². The molecule has 0 saturated heterocycles. The van der Waals surface area contributed by atoms with Gasteiger partial charge in [-0.2, -0.15) is 0 Å². The van der Waals surface area contributed by atoms with Crippen LogP contribution in [0.5, 0.6) is 5.75 Å². The lowest BCUT2D eigenvalue weighted by molar-refractivity contribution is -0.120. The predicted octanol–water partition coefficient (Wildman–Crippen LogP) is 4.24. The zero-order valence-corrected chi connectivity index (χ0v) is 19.0. The van der Waals surface area contributed by atoms with Crippen LogP contribution in [-0.2, 0) is 14.8 Å². The number of fused-ring (bicyclic) bond motifs is 2. The maximum Gasteiger partial charge on any atom is 0.264 e. The van der Waals surface area contributed by atoms with Crippen molar-refractivity contribution < 1.29 is 17.9 Å². The summed E-state index contributed by atoms with van der Waals surface area (Å²) in [6.45, 7) is 2.11. The Bertz CT molecular complexity index is 1020. The standard InChI is InChI=1S/C23H27ClN2O4S/c1-2-30-20-9-7-19(8-10-20)26(31(28,29)21-11-5-18(24)6-12-21)15-23(27)25-22-14-16-3-4-17(22)13-16/h5-12,16-17,22H,2-4,13-15H2,1H3,(H,25,27)/t16-,17-,22+/m1/s1. The van der Waals surface area contributed by atoms with E-state index < -0.39 is 10.0 Å². The molecule has 6 nitrogen and oxygen atoms in total. The zero-order valence-electron chi connectivity index (χ0n) is 17.5. The molecule has 0 spiro atoms. The van der Waals surface area contributed by atoms with Crippen LogP contribution < -0.4 is 14.4 Å². The van der Waals surface area contributed by atoms with Crippen molar-refractivity contribution in [2.75, 3.05) is 17.5 Å². The normalized spacial score (nSPS) is 22.3. The van der Waals surface area contributed by atoms with Crippen molar-refractivity contribution in [1.29, 1.82) is 0 Å². The molecule has 0 aromatic heterocycles. The van der Waals surface area contributed by atoms with Crippen LogP contribution in [0.2, 0.25) is 5.02 Å². The van der Waals surface area contributed by atoms with E-state index in [-0.39, 0.29) is 23.4 Å². The summed E-state index contributed by atoms with van der Waals surface area (Å²) in [6, 6.07) is 12.8. The summed E-state index contributed by atoms with van der Waals surface area (Å²) in [5, 5.41) is 3.53. The second kappa shape index (κ2) is 9.09. The lowest BCUT2D eigenvalue weighted by atomic mass is 9.95. The van der Waals surface area contributed by atoms with Crippen molar-refractivity contribution in [3.05, 3.63) is 53.6 Å². The van der Waals surface area contributed by atoms with Crippen LogP contribution in [0.15, 0.2) is 53.4 Å². The molecule has 0 radical (unpaired) electrons. The summed E-state index contributed by atoms with van der Waals surface area (Å²) in [7, 11) is -3.96. The van der Waals surface area contributed by atoms with Gasteiger partial charge >= 0.3 is 0 Å². The fraction of sp³-hybridized carbons (Fsp3) is 0.435. The molecule has 0 heterocycles. The van der Waals surface area contributed by atoms with Gasteiger partial charge < -0.3 is 10.1 Å². The van der Waals surface area contributed by atoms with E-state index in [0.29, 0.717) is 34.9 Å². The molecular formula is C23H27ClN2O4S. The van der Waals surface area contributed by atoms with E-state index in [1.807, 2.05) is 6.92 Å². The Morgan fingerprint density at radius 1 is 1.10 bits per heavy atom. The van der Waals surface area contributed by atoms with Crippen molar-refractivity contribution in [2.45, 2.75) is 43.5 Å². The van der Waals surface area contributed by atoms with Gasteiger partial charge in [-0.1, -0.05) is 18.0 Å². The molecule has 166 valence electrons. The molecule has 0 aliphatic heterocycles. The molecule has 2 fully saturated rings. The molecule has 2 bridgehead atoms. The second-order valence-corrected chi connectivity index (χ2v) is 10.5. The number of rotatable bonds is 8. The van der Waals surface area contributed by atoms with Crippen LogP contribution in [0.25, 0.3) is 0 Å². The fourth-order valence-corrected chi connectivity index (χ4v) is 6.28. The molecule has 31 heavy (non-hydrogen) atoms. The highest BCUT2D eigenvalue weighted by molar-refractivity contribution is 7.92. The van der Waals surface area contributed by atoms with Crippen molar-refractivity contribution in [2.24, 2.45) is 11.8 Å². The molecule has 1 amide bonds. The molecule has 4 rings (SSSR count). The van der Waals surface area contributed by atoms with E-state index in [4.69, 9.17) is 16.3 Å². The summed E-state index contributed by atoms with van der Waals surface area (Å²) in [6.07, 6.45) is 4.53. The second-order valence-electron chi connectivity index (χ2n) is 8.24. The number of hydrogen-bond acceptors (Lipinski definition) is 4. The molecule has 8 heteroatoms. The number of hydrogen-bond donors (Lipinski definition) is 1. The third-order valence-electron chi connectivity index (χ3n) is 6.21. The maximum absolute atomic E-state index is 13.4. The van der Waals surface area contributed by atoms with Gasteiger partial charge in [-0.15, -0.1) is 0 Å². The SMILES string of the molecule is CCOc1ccc(N(CC(=O)N[C@H]2C[C@@H]3CC[C@@H]2C3)S(=O)(=O)c2ccc(Cl)cc2)cc1. The third-order valence-corrected chi connectivity index (χ3v) is 8.25. The zero-order chi connectivity index (χ0) is 22.0. The van der Waals surface area contributed by atoms with Gasteiger partial charge in [-0.25, -0.2) is 8.42 Å². The number of carbonyl (C=O) groups is 1. The lowest BCUT2D eigenvalue weighted by Crippen LogP contribution is -2.45. The minimum Gasteiger partial charge on any atom is -0.494 e.